The van der Waals surface area contributed by atoms with Crippen LogP contribution in [0.25, 0.3) is 0 Å². The van der Waals surface area contributed by atoms with Crippen molar-refractivity contribution in [2.45, 2.75) is 64.5 Å². The average Bonchev–Trinajstić information content (AvgIpc) is 3.03. The van der Waals surface area contributed by atoms with Crippen LogP contribution in [0.2, 0.25) is 0 Å². The maximum atomic E-state index is 13.3. The molecule has 28 heavy (non-hydrogen) atoms. The molecule has 150 valence electrons. The Hall–Kier alpha value is -2.50. The van der Waals surface area contributed by atoms with Crippen LogP contribution < -0.4 is 4.90 Å². The number of cyclic esters (lactones) is 1. The highest BCUT2D eigenvalue weighted by molar-refractivity contribution is 5.97. The minimum absolute atomic E-state index is 0.235. The van der Waals surface area contributed by atoms with Crippen molar-refractivity contribution in [1.29, 1.82) is 0 Å². The summed E-state index contributed by atoms with van der Waals surface area (Å²) in [6.07, 6.45) is 1.95. The smallest absolute Gasteiger partial charge is 0.415 e. The van der Waals surface area contributed by atoms with Gasteiger partial charge >= 0.3 is 12.2 Å². The van der Waals surface area contributed by atoms with Gasteiger partial charge in [0.15, 0.2) is 0 Å². The summed E-state index contributed by atoms with van der Waals surface area (Å²) in [5, 5.41) is 0. The van der Waals surface area contributed by atoms with E-state index in [0.29, 0.717) is 13.2 Å². The zero-order valence-electron chi connectivity index (χ0n) is 17.5. The predicted molar refractivity (Wildman–Crippen MR) is 106 cm³/mol. The largest absolute Gasteiger partial charge is 0.447 e. The fourth-order valence-electron chi connectivity index (χ4n) is 4.72. The molecular formula is C22H28N2O4. The first-order valence-electron chi connectivity index (χ1n) is 9.76. The van der Waals surface area contributed by atoms with E-state index in [-0.39, 0.29) is 17.6 Å². The minimum Gasteiger partial charge on any atom is -0.447 e. The number of fused-ring (bicyclic) bond motifs is 3. The lowest BCUT2D eigenvalue weighted by molar-refractivity contribution is 0.0504. The number of anilines is 1. The van der Waals surface area contributed by atoms with Crippen molar-refractivity contribution in [1.82, 2.24) is 4.90 Å². The molecule has 2 aliphatic heterocycles. The van der Waals surface area contributed by atoms with Crippen LogP contribution in [-0.4, -0.2) is 41.4 Å². The van der Waals surface area contributed by atoms with E-state index in [0.717, 1.165) is 28.8 Å². The molecule has 0 spiro atoms. The second-order valence-electron chi connectivity index (χ2n) is 9.38. The highest BCUT2D eigenvalue weighted by Gasteiger charge is 2.68. The van der Waals surface area contributed by atoms with Gasteiger partial charge in [0.1, 0.15) is 12.2 Å². The second kappa shape index (κ2) is 5.75. The van der Waals surface area contributed by atoms with Gasteiger partial charge in [0, 0.05) is 11.6 Å². The molecule has 0 radical (unpaired) electrons. The summed E-state index contributed by atoms with van der Waals surface area (Å²) in [6.45, 7) is 12.9. The van der Waals surface area contributed by atoms with Crippen LogP contribution in [0.15, 0.2) is 30.0 Å². The quantitative estimate of drug-likeness (QED) is 0.715. The molecule has 1 saturated carbocycles. The van der Waals surface area contributed by atoms with E-state index in [1.54, 1.807) is 9.80 Å². The topological polar surface area (TPSA) is 59.1 Å². The Bertz CT molecular complexity index is 900. The highest BCUT2D eigenvalue weighted by Crippen LogP contribution is 2.65. The number of carbonyl (C=O) groups excluding carboxylic acids is 2. The third-order valence-corrected chi connectivity index (χ3v) is 6.36. The number of nitrogens with zero attached hydrogens (tertiary/aromatic N) is 2. The fraction of sp³-hybridized carbons (Fsp3) is 0.545. The van der Waals surface area contributed by atoms with Crippen molar-refractivity contribution in [2.75, 3.05) is 18.1 Å². The fourth-order valence-corrected chi connectivity index (χ4v) is 4.72. The van der Waals surface area contributed by atoms with E-state index in [1.807, 2.05) is 39.1 Å². The molecule has 4 rings (SSSR count). The summed E-state index contributed by atoms with van der Waals surface area (Å²) >= 11 is 0. The number of hydrogen-bond donors (Lipinski definition) is 0. The van der Waals surface area contributed by atoms with Gasteiger partial charge in [-0.3, -0.25) is 9.80 Å². The van der Waals surface area contributed by atoms with E-state index in [2.05, 4.69) is 26.8 Å². The van der Waals surface area contributed by atoms with Gasteiger partial charge in [-0.15, -0.1) is 0 Å². The lowest BCUT2D eigenvalue weighted by Crippen LogP contribution is -2.66. The van der Waals surface area contributed by atoms with Gasteiger partial charge in [-0.05, 0) is 58.2 Å². The molecule has 6 nitrogen and oxygen atoms in total. The zero-order chi connectivity index (χ0) is 20.5. The van der Waals surface area contributed by atoms with Crippen molar-refractivity contribution in [3.8, 4) is 0 Å². The summed E-state index contributed by atoms with van der Waals surface area (Å²) < 4.78 is 10.8. The van der Waals surface area contributed by atoms with Gasteiger partial charge in [-0.2, -0.15) is 0 Å². The maximum Gasteiger partial charge on any atom is 0.415 e. The van der Waals surface area contributed by atoms with Crippen LogP contribution in [0.3, 0.4) is 0 Å². The number of benzene rings is 1. The third-order valence-electron chi connectivity index (χ3n) is 6.36. The standard InChI is InChI=1S/C22H28N2O4/c1-14-7-8-17-16(11-14)21(5)12-15(13-23-9-10-27-18(23)25)22(21,6)24(17)19(26)28-20(2,3)4/h7-8,11,13H,9-10,12H2,1-6H3/b15-13+/t21-,22-/m1/s1. The van der Waals surface area contributed by atoms with Gasteiger partial charge in [0.25, 0.3) is 0 Å². The number of hydrogen-bond acceptors (Lipinski definition) is 4. The van der Waals surface area contributed by atoms with E-state index in [9.17, 15) is 9.59 Å². The molecule has 2 fully saturated rings. The summed E-state index contributed by atoms with van der Waals surface area (Å²) in [4.78, 5) is 28.6. The van der Waals surface area contributed by atoms with Crippen LogP contribution >= 0.6 is 0 Å². The van der Waals surface area contributed by atoms with Crippen molar-refractivity contribution in [3.05, 3.63) is 41.1 Å². The molecule has 1 aliphatic carbocycles. The molecule has 1 aromatic carbocycles. The van der Waals surface area contributed by atoms with E-state index < -0.39 is 11.1 Å². The number of amides is 2. The molecule has 1 aromatic rings. The van der Waals surface area contributed by atoms with Crippen molar-refractivity contribution in [2.24, 2.45) is 0 Å². The lowest BCUT2D eigenvalue weighted by Gasteiger charge is -2.57. The first-order valence-corrected chi connectivity index (χ1v) is 9.76. The first-order chi connectivity index (χ1) is 13.0. The number of rotatable bonds is 1. The molecule has 2 atom stereocenters. The van der Waals surface area contributed by atoms with Gasteiger partial charge in [-0.1, -0.05) is 24.6 Å². The Kier molecular flexibility index (Phi) is 3.87. The van der Waals surface area contributed by atoms with Crippen LogP contribution in [0, 0.1) is 6.92 Å². The third kappa shape index (κ3) is 2.46. The number of carbonyl (C=O) groups is 2. The van der Waals surface area contributed by atoms with Crippen LogP contribution in [0.1, 0.15) is 52.2 Å². The monoisotopic (exact) mass is 384 g/mol. The molecule has 0 unspecified atom stereocenters. The van der Waals surface area contributed by atoms with Crippen molar-refractivity contribution in [3.63, 3.8) is 0 Å². The Labute approximate surface area is 166 Å². The van der Waals surface area contributed by atoms with Crippen molar-refractivity contribution >= 4 is 17.9 Å². The van der Waals surface area contributed by atoms with E-state index in [4.69, 9.17) is 9.47 Å². The van der Waals surface area contributed by atoms with Gasteiger partial charge < -0.3 is 9.47 Å². The van der Waals surface area contributed by atoms with Crippen LogP contribution in [-0.2, 0) is 14.9 Å². The Morgan fingerprint density at radius 1 is 1.29 bits per heavy atom. The van der Waals surface area contributed by atoms with Crippen LogP contribution in [0.4, 0.5) is 15.3 Å². The predicted octanol–water partition coefficient (Wildman–Crippen LogP) is 4.51. The molecule has 1 saturated heterocycles. The Morgan fingerprint density at radius 2 is 2.00 bits per heavy atom. The van der Waals surface area contributed by atoms with Crippen molar-refractivity contribution < 1.29 is 19.1 Å². The number of ether oxygens (including phenoxy) is 2. The second-order valence-corrected chi connectivity index (χ2v) is 9.38. The molecule has 6 heteroatoms. The summed E-state index contributed by atoms with van der Waals surface area (Å²) in [6, 6.07) is 6.19. The molecule has 0 aromatic heterocycles. The Balaban J connectivity index is 1.81. The zero-order valence-corrected chi connectivity index (χ0v) is 17.5. The first kappa shape index (κ1) is 18.8. The van der Waals surface area contributed by atoms with E-state index in [1.165, 1.54) is 0 Å². The molecule has 3 aliphatic rings. The highest BCUT2D eigenvalue weighted by atomic mass is 16.6. The molecule has 2 amide bonds. The number of aryl methyl sites for hydroxylation is 1. The molecular weight excluding hydrogens is 356 g/mol. The minimum atomic E-state index is -0.594. The summed E-state index contributed by atoms with van der Waals surface area (Å²) in [5.74, 6) is 0. The summed E-state index contributed by atoms with van der Waals surface area (Å²) in [5.41, 5.74) is 2.82. The van der Waals surface area contributed by atoms with Gasteiger partial charge in [0.2, 0.25) is 0 Å². The van der Waals surface area contributed by atoms with Crippen LogP contribution in [0.5, 0.6) is 0 Å². The normalized spacial score (nSPS) is 30.1. The Morgan fingerprint density at radius 3 is 2.61 bits per heavy atom. The SMILES string of the molecule is Cc1ccc2c(c1)[C@@]1(C)C/C(=C\N3CCOC3=O)[C@@]1(C)N2C(=O)OC(C)(C)C. The average molecular weight is 384 g/mol. The summed E-state index contributed by atoms with van der Waals surface area (Å²) in [7, 11) is 0. The lowest BCUT2D eigenvalue weighted by atomic mass is 9.52. The van der Waals surface area contributed by atoms with Gasteiger partial charge in [-0.25, -0.2) is 9.59 Å². The maximum absolute atomic E-state index is 13.3. The van der Waals surface area contributed by atoms with E-state index >= 15 is 0 Å². The van der Waals surface area contributed by atoms with Gasteiger partial charge in [0.05, 0.1) is 17.8 Å². The molecule has 0 N–H and O–H groups in total. The molecule has 0 bridgehead atoms. The molecule has 2 heterocycles.